The van der Waals surface area contributed by atoms with Gasteiger partial charge in [0.25, 0.3) is 0 Å². The molecule has 3 aromatic heterocycles. The number of carbonyl (C=O) groups excluding carboxylic acids is 1. The molecule has 9 heteroatoms. The Morgan fingerprint density at radius 1 is 1.10 bits per heavy atom. The number of carbonyl (C=O) groups is 1. The standard InChI is InChI=1S/C22H22N8O/c1-13-18-9-19(28-21(18)26-12-25-13)14-2-4-16(5-3-14)27-22(31)29-20-8-17(6-7-24-20)30-10-15(23)11-30/h2-9,12,15H,10-11,23H2,1H3,(H,25,26,28)(H2,24,27,29,31). The van der Waals surface area contributed by atoms with E-state index in [9.17, 15) is 4.79 Å². The number of aromatic amines is 1. The third kappa shape index (κ3) is 3.90. The first-order chi connectivity index (χ1) is 15.0. The summed E-state index contributed by atoms with van der Waals surface area (Å²) < 4.78 is 0. The van der Waals surface area contributed by atoms with Gasteiger partial charge in [0, 0.05) is 53.8 Å². The number of fused-ring (bicyclic) bond motifs is 1. The topological polar surface area (TPSA) is 125 Å². The third-order valence-corrected chi connectivity index (χ3v) is 5.34. The van der Waals surface area contributed by atoms with Gasteiger partial charge in [-0.1, -0.05) is 12.1 Å². The van der Waals surface area contributed by atoms with E-state index in [2.05, 4.69) is 35.5 Å². The highest BCUT2D eigenvalue weighted by atomic mass is 16.2. The van der Waals surface area contributed by atoms with Crippen LogP contribution < -0.4 is 21.3 Å². The summed E-state index contributed by atoms with van der Waals surface area (Å²) in [7, 11) is 0. The number of nitrogens with one attached hydrogen (secondary N) is 3. The Bertz CT molecular complexity index is 1240. The van der Waals surface area contributed by atoms with Crippen LogP contribution in [0.15, 0.2) is 55.0 Å². The molecule has 1 aliphatic rings. The van der Waals surface area contributed by atoms with E-state index in [0.717, 1.165) is 46.8 Å². The molecule has 0 radical (unpaired) electrons. The van der Waals surface area contributed by atoms with Gasteiger partial charge >= 0.3 is 6.03 Å². The maximum atomic E-state index is 12.4. The molecule has 9 nitrogen and oxygen atoms in total. The summed E-state index contributed by atoms with van der Waals surface area (Å²) in [5.74, 6) is 0.488. The summed E-state index contributed by atoms with van der Waals surface area (Å²) in [5.41, 5.74) is 11.2. The molecule has 5 rings (SSSR count). The van der Waals surface area contributed by atoms with Crippen molar-refractivity contribution >= 4 is 34.3 Å². The van der Waals surface area contributed by atoms with Crippen molar-refractivity contribution in [1.29, 1.82) is 0 Å². The molecule has 31 heavy (non-hydrogen) atoms. The van der Waals surface area contributed by atoms with Gasteiger partial charge in [0.1, 0.15) is 17.8 Å². The number of hydrogen-bond acceptors (Lipinski definition) is 6. The molecule has 4 aromatic rings. The van der Waals surface area contributed by atoms with Crippen molar-refractivity contribution in [1.82, 2.24) is 19.9 Å². The minimum Gasteiger partial charge on any atom is -0.368 e. The van der Waals surface area contributed by atoms with Crippen molar-refractivity contribution in [2.75, 3.05) is 28.6 Å². The summed E-state index contributed by atoms with van der Waals surface area (Å²) in [5, 5.41) is 6.60. The van der Waals surface area contributed by atoms with Crippen LogP contribution in [0.4, 0.5) is 22.0 Å². The van der Waals surface area contributed by atoms with E-state index >= 15 is 0 Å². The van der Waals surface area contributed by atoms with Crippen LogP contribution in [0.3, 0.4) is 0 Å². The summed E-state index contributed by atoms with van der Waals surface area (Å²) in [6, 6.07) is 13.2. The number of amides is 2. The van der Waals surface area contributed by atoms with Crippen LogP contribution >= 0.6 is 0 Å². The molecule has 1 fully saturated rings. The molecule has 5 N–H and O–H groups in total. The monoisotopic (exact) mass is 414 g/mol. The largest absolute Gasteiger partial charge is 0.368 e. The molecule has 0 spiro atoms. The number of nitrogens with two attached hydrogens (primary N) is 1. The summed E-state index contributed by atoms with van der Waals surface area (Å²) in [6.07, 6.45) is 3.22. The van der Waals surface area contributed by atoms with Gasteiger partial charge in [-0.2, -0.15) is 0 Å². The number of pyridine rings is 1. The Kier molecular flexibility index (Phi) is 4.72. The predicted molar refractivity (Wildman–Crippen MR) is 121 cm³/mol. The van der Waals surface area contributed by atoms with Crippen molar-refractivity contribution in [3.8, 4) is 11.3 Å². The fourth-order valence-electron chi connectivity index (χ4n) is 3.64. The Hall–Kier alpha value is -3.98. The van der Waals surface area contributed by atoms with Crippen LogP contribution in [0.1, 0.15) is 5.69 Å². The van der Waals surface area contributed by atoms with Crippen LogP contribution in [0.25, 0.3) is 22.3 Å². The lowest BCUT2D eigenvalue weighted by Crippen LogP contribution is -2.55. The highest BCUT2D eigenvalue weighted by Crippen LogP contribution is 2.26. The molecular weight excluding hydrogens is 392 g/mol. The second-order valence-electron chi connectivity index (χ2n) is 7.63. The molecule has 0 bridgehead atoms. The molecule has 1 saturated heterocycles. The van der Waals surface area contributed by atoms with E-state index in [1.54, 1.807) is 12.5 Å². The highest BCUT2D eigenvalue weighted by Gasteiger charge is 2.23. The van der Waals surface area contributed by atoms with Gasteiger partial charge in [0.05, 0.1) is 5.69 Å². The molecule has 156 valence electrons. The number of urea groups is 1. The Morgan fingerprint density at radius 2 is 1.90 bits per heavy atom. The van der Waals surface area contributed by atoms with Gasteiger partial charge in [0.2, 0.25) is 0 Å². The first kappa shape index (κ1) is 19.0. The second kappa shape index (κ2) is 7.69. The normalized spacial score (nSPS) is 13.8. The van der Waals surface area contributed by atoms with E-state index < -0.39 is 0 Å². The van der Waals surface area contributed by atoms with Gasteiger partial charge in [-0.25, -0.2) is 19.7 Å². The lowest BCUT2D eigenvalue weighted by Gasteiger charge is -2.38. The van der Waals surface area contributed by atoms with Crippen molar-refractivity contribution in [3.05, 3.63) is 60.7 Å². The molecule has 2 amide bonds. The maximum absolute atomic E-state index is 12.4. The molecule has 1 aliphatic heterocycles. The van der Waals surface area contributed by atoms with Gasteiger partial charge in [-0.3, -0.25) is 5.32 Å². The quantitative estimate of drug-likeness (QED) is 0.407. The van der Waals surface area contributed by atoms with Crippen molar-refractivity contribution < 1.29 is 4.79 Å². The first-order valence-electron chi connectivity index (χ1n) is 10.0. The molecule has 0 unspecified atom stereocenters. The molecule has 1 aromatic carbocycles. The van der Waals surface area contributed by atoms with Gasteiger partial charge in [-0.15, -0.1) is 0 Å². The van der Waals surface area contributed by atoms with Crippen LogP contribution in [0.2, 0.25) is 0 Å². The predicted octanol–water partition coefficient (Wildman–Crippen LogP) is 3.12. The van der Waals surface area contributed by atoms with Gasteiger partial charge in [0.15, 0.2) is 0 Å². The minimum absolute atomic E-state index is 0.206. The summed E-state index contributed by atoms with van der Waals surface area (Å²) >= 11 is 0. The number of aryl methyl sites for hydroxylation is 1. The molecule has 0 saturated carbocycles. The van der Waals surface area contributed by atoms with Crippen molar-refractivity contribution in [2.45, 2.75) is 13.0 Å². The minimum atomic E-state index is -0.353. The zero-order valence-corrected chi connectivity index (χ0v) is 17.0. The van der Waals surface area contributed by atoms with Crippen molar-refractivity contribution in [2.24, 2.45) is 5.73 Å². The van der Waals surface area contributed by atoms with Crippen LogP contribution in [-0.2, 0) is 0 Å². The zero-order chi connectivity index (χ0) is 21.4. The van der Waals surface area contributed by atoms with Crippen LogP contribution in [0.5, 0.6) is 0 Å². The summed E-state index contributed by atoms with van der Waals surface area (Å²) in [6.45, 7) is 3.57. The second-order valence-corrected chi connectivity index (χ2v) is 7.63. The number of benzene rings is 1. The number of nitrogens with zero attached hydrogens (tertiary/aromatic N) is 4. The van der Waals surface area contributed by atoms with Gasteiger partial charge < -0.3 is 20.9 Å². The average molecular weight is 414 g/mol. The van der Waals surface area contributed by atoms with E-state index in [-0.39, 0.29) is 12.1 Å². The molecule has 4 heterocycles. The van der Waals surface area contributed by atoms with Crippen LogP contribution in [0, 0.1) is 6.92 Å². The van der Waals surface area contributed by atoms with E-state index in [4.69, 9.17) is 5.73 Å². The fraction of sp³-hybridized carbons (Fsp3) is 0.182. The first-order valence-corrected chi connectivity index (χ1v) is 10.0. The summed E-state index contributed by atoms with van der Waals surface area (Å²) in [4.78, 5) is 30.5. The Morgan fingerprint density at radius 3 is 2.65 bits per heavy atom. The zero-order valence-electron chi connectivity index (χ0n) is 17.0. The Labute approximate surface area is 178 Å². The molecular formula is C22H22N8O. The maximum Gasteiger partial charge on any atom is 0.324 e. The van der Waals surface area contributed by atoms with Crippen LogP contribution in [-0.4, -0.2) is 45.1 Å². The van der Waals surface area contributed by atoms with E-state index in [1.165, 1.54) is 0 Å². The lowest BCUT2D eigenvalue weighted by atomic mass is 10.1. The lowest BCUT2D eigenvalue weighted by molar-refractivity contribution is 0.262. The number of H-pyrrole nitrogens is 1. The fourth-order valence-corrected chi connectivity index (χ4v) is 3.64. The SMILES string of the molecule is Cc1ncnc2[nH]c(-c3ccc(NC(=O)Nc4cc(N5CC(N)C5)ccn4)cc3)cc12. The number of hydrogen-bond donors (Lipinski definition) is 4. The van der Waals surface area contributed by atoms with Crippen molar-refractivity contribution in [3.63, 3.8) is 0 Å². The smallest absolute Gasteiger partial charge is 0.324 e. The highest BCUT2D eigenvalue weighted by molar-refractivity contribution is 5.99. The Balaban J connectivity index is 1.25. The number of aromatic nitrogens is 4. The number of rotatable bonds is 4. The average Bonchev–Trinajstić information content (AvgIpc) is 3.18. The molecule has 0 aliphatic carbocycles. The van der Waals surface area contributed by atoms with Gasteiger partial charge in [-0.05, 0) is 36.8 Å². The third-order valence-electron chi connectivity index (χ3n) is 5.34. The van der Waals surface area contributed by atoms with E-state index in [1.807, 2.05) is 49.4 Å². The number of anilines is 3. The molecule has 0 atom stereocenters. The van der Waals surface area contributed by atoms with E-state index in [0.29, 0.717) is 11.5 Å².